The number of likely N-dealkylation sites (tertiary alicyclic amines) is 1. The van der Waals surface area contributed by atoms with Crippen LogP contribution in [0, 0.1) is 0 Å². The number of ether oxygens (including phenoxy) is 2. The molecule has 2 saturated heterocycles. The summed E-state index contributed by atoms with van der Waals surface area (Å²) >= 11 is 9.16. The van der Waals surface area contributed by atoms with E-state index in [0.717, 1.165) is 84.8 Å². The zero-order chi connectivity index (χ0) is 28.7. The summed E-state index contributed by atoms with van der Waals surface area (Å²) in [5.74, 6) is 0.682. The number of aliphatic hydroxyl groups is 2. The molecule has 2 fully saturated rings. The maximum absolute atomic E-state index is 9.17. The standard InChI is InChI=1S/C16H21NO2S.C13H15ClOS.C3H7NO.ClH/c18-15-11-17(12-15)6-1-7-19-8-4-13-2-3-14-5-9-20-16(14)10-13;14-6-1-7-15-8-4-11-2-3-12-5-9-16-13(12)10-11;5-3-1-4-2-3;/h2-3,5,9-10,15,18H,1,4,6-8,11-12H2;2-3,5,9-10H,1,4,6-8H2;3-5H,1-2H2;1H. The average Bonchev–Trinajstić information content (AvgIpc) is 3.62. The monoisotopic (exact) mass is 654 g/mol. The molecule has 42 heavy (non-hydrogen) atoms. The lowest BCUT2D eigenvalue weighted by molar-refractivity contribution is -0.00305. The second-order valence-corrected chi connectivity index (χ2v) is 12.7. The van der Waals surface area contributed by atoms with Crippen LogP contribution in [0.4, 0.5) is 0 Å². The summed E-state index contributed by atoms with van der Waals surface area (Å²) in [4.78, 5) is 2.26. The van der Waals surface area contributed by atoms with Gasteiger partial charge in [-0.2, -0.15) is 0 Å². The van der Waals surface area contributed by atoms with Crippen molar-refractivity contribution in [3.8, 4) is 0 Å². The molecule has 0 aliphatic carbocycles. The van der Waals surface area contributed by atoms with Gasteiger partial charge in [0.1, 0.15) is 0 Å². The summed E-state index contributed by atoms with van der Waals surface area (Å²) < 4.78 is 13.9. The predicted molar refractivity (Wildman–Crippen MR) is 181 cm³/mol. The number of rotatable bonds is 13. The summed E-state index contributed by atoms with van der Waals surface area (Å²) in [6, 6.07) is 17.6. The van der Waals surface area contributed by atoms with Crippen molar-refractivity contribution in [1.82, 2.24) is 10.2 Å². The quantitative estimate of drug-likeness (QED) is 0.122. The van der Waals surface area contributed by atoms with Crippen molar-refractivity contribution in [2.45, 2.75) is 37.9 Å². The molecule has 0 saturated carbocycles. The third-order valence-electron chi connectivity index (χ3n) is 6.99. The van der Waals surface area contributed by atoms with Gasteiger partial charge in [0.05, 0.1) is 25.4 Å². The minimum atomic E-state index is -0.0944. The number of hydrogen-bond donors (Lipinski definition) is 3. The first-order chi connectivity index (χ1) is 20.1. The molecule has 0 bridgehead atoms. The first-order valence-electron chi connectivity index (χ1n) is 14.5. The molecule has 6 rings (SSSR count). The fourth-order valence-electron chi connectivity index (χ4n) is 4.44. The molecule has 0 unspecified atom stereocenters. The van der Waals surface area contributed by atoms with Gasteiger partial charge in [-0.3, -0.25) is 4.90 Å². The van der Waals surface area contributed by atoms with Crippen molar-refractivity contribution in [2.75, 3.05) is 65.0 Å². The third kappa shape index (κ3) is 12.4. The molecule has 2 aromatic heterocycles. The molecule has 2 aliphatic rings. The fraction of sp³-hybridized carbons (Fsp3) is 0.500. The Morgan fingerprint density at radius 1 is 0.762 bits per heavy atom. The Morgan fingerprint density at radius 3 is 1.74 bits per heavy atom. The van der Waals surface area contributed by atoms with E-state index in [2.05, 4.69) is 69.5 Å². The lowest BCUT2D eigenvalue weighted by Crippen LogP contribution is -2.50. The van der Waals surface area contributed by atoms with Crippen LogP contribution in [0.2, 0.25) is 0 Å². The van der Waals surface area contributed by atoms with Gasteiger partial charge in [0.15, 0.2) is 0 Å². The van der Waals surface area contributed by atoms with Gasteiger partial charge in [0.25, 0.3) is 0 Å². The first kappa shape index (κ1) is 35.2. The molecule has 6 nitrogen and oxygen atoms in total. The van der Waals surface area contributed by atoms with Gasteiger partial charge in [0.2, 0.25) is 0 Å². The maximum atomic E-state index is 9.17. The van der Waals surface area contributed by atoms with Gasteiger partial charge in [0, 0.05) is 61.2 Å². The Kier molecular flexibility index (Phi) is 16.6. The zero-order valence-corrected chi connectivity index (χ0v) is 27.3. The van der Waals surface area contributed by atoms with Crippen molar-refractivity contribution in [1.29, 1.82) is 0 Å². The van der Waals surface area contributed by atoms with Crippen molar-refractivity contribution < 1.29 is 19.7 Å². The third-order valence-corrected chi connectivity index (χ3v) is 9.02. The van der Waals surface area contributed by atoms with Gasteiger partial charge < -0.3 is 25.0 Å². The van der Waals surface area contributed by atoms with Crippen LogP contribution in [0.25, 0.3) is 20.2 Å². The molecule has 0 spiro atoms. The van der Waals surface area contributed by atoms with Crippen LogP contribution in [0.15, 0.2) is 59.3 Å². The number of alkyl halides is 1. The molecular formula is C32H44Cl2N2O4S2. The lowest BCUT2D eigenvalue weighted by Gasteiger charge is -2.35. The largest absolute Gasteiger partial charge is 0.390 e. The minimum absolute atomic E-state index is 0. The topological polar surface area (TPSA) is 74.2 Å². The number of thiophene rings is 2. The van der Waals surface area contributed by atoms with Crippen molar-refractivity contribution in [2.24, 2.45) is 0 Å². The Morgan fingerprint density at radius 2 is 1.29 bits per heavy atom. The van der Waals surface area contributed by atoms with E-state index in [1.165, 1.54) is 31.3 Å². The SMILES string of the molecule is Cl.ClCCCOCCc1ccc2ccsc2c1.OC1CN(CCCOCCc2ccc3ccsc3c2)C1.OC1CNC1. The fourth-order valence-corrected chi connectivity index (χ4v) is 6.25. The van der Waals surface area contributed by atoms with E-state index in [4.69, 9.17) is 26.2 Å². The number of nitrogens with one attached hydrogen (secondary N) is 1. The van der Waals surface area contributed by atoms with Crippen LogP contribution in [0.1, 0.15) is 24.0 Å². The van der Waals surface area contributed by atoms with Crippen LogP contribution in [-0.2, 0) is 22.3 Å². The van der Waals surface area contributed by atoms with Gasteiger partial charge in [-0.1, -0.05) is 24.3 Å². The first-order valence-corrected chi connectivity index (χ1v) is 16.8. The molecule has 2 aliphatic heterocycles. The molecule has 4 heterocycles. The molecule has 3 N–H and O–H groups in total. The molecule has 0 amide bonds. The highest BCUT2D eigenvalue weighted by Crippen LogP contribution is 2.23. The molecule has 232 valence electrons. The zero-order valence-electron chi connectivity index (χ0n) is 24.1. The number of fused-ring (bicyclic) bond motifs is 2. The minimum Gasteiger partial charge on any atom is -0.390 e. The van der Waals surface area contributed by atoms with E-state index in [1.54, 1.807) is 22.7 Å². The van der Waals surface area contributed by atoms with E-state index < -0.39 is 0 Å². The van der Waals surface area contributed by atoms with Crippen LogP contribution < -0.4 is 5.32 Å². The van der Waals surface area contributed by atoms with E-state index >= 15 is 0 Å². The van der Waals surface area contributed by atoms with Gasteiger partial charge in [-0.05, 0) is 82.6 Å². The van der Waals surface area contributed by atoms with E-state index in [-0.39, 0.29) is 24.6 Å². The van der Waals surface area contributed by atoms with Crippen LogP contribution in [0.3, 0.4) is 0 Å². The van der Waals surface area contributed by atoms with Crippen molar-refractivity contribution in [3.05, 3.63) is 70.4 Å². The van der Waals surface area contributed by atoms with Crippen molar-refractivity contribution in [3.63, 3.8) is 0 Å². The van der Waals surface area contributed by atoms with Gasteiger partial charge >= 0.3 is 0 Å². The summed E-state index contributed by atoms with van der Waals surface area (Å²) in [5, 5.41) is 27.4. The van der Waals surface area contributed by atoms with Crippen LogP contribution in [-0.4, -0.2) is 92.4 Å². The van der Waals surface area contributed by atoms with E-state index in [9.17, 15) is 5.11 Å². The summed E-state index contributed by atoms with van der Waals surface area (Å²) in [6.07, 6.45) is 3.81. The summed E-state index contributed by atoms with van der Waals surface area (Å²) in [6.45, 7) is 7.45. The normalized spacial score (nSPS) is 15.2. The van der Waals surface area contributed by atoms with Crippen molar-refractivity contribution >= 4 is 66.9 Å². The predicted octanol–water partition coefficient (Wildman–Crippen LogP) is 5.99. The lowest BCUT2D eigenvalue weighted by atomic mass is 10.1. The Hall–Kier alpha value is -1.30. The highest BCUT2D eigenvalue weighted by Gasteiger charge is 2.22. The molecule has 0 radical (unpaired) electrons. The maximum Gasteiger partial charge on any atom is 0.0793 e. The number of nitrogens with zero attached hydrogens (tertiary/aromatic N) is 1. The second-order valence-electron chi connectivity index (χ2n) is 10.4. The second kappa shape index (κ2) is 19.9. The Bertz CT molecular complexity index is 1280. The molecular weight excluding hydrogens is 611 g/mol. The summed E-state index contributed by atoms with van der Waals surface area (Å²) in [5.41, 5.74) is 2.70. The highest BCUT2D eigenvalue weighted by atomic mass is 35.5. The molecule has 0 atom stereocenters. The molecule has 10 heteroatoms. The number of β-amino-alcohol motifs (C(OH)–C–C–N with tert-alkyl or cyclic N) is 2. The number of aliphatic hydroxyl groups excluding tert-OH is 2. The smallest absolute Gasteiger partial charge is 0.0793 e. The molecule has 2 aromatic carbocycles. The highest BCUT2D eigenvalue weighted by molar-refractivity contribution is 7.17. The Balaban J connectivity index is 0.000000197. The van der Waals surface area contributed by atoms with Gasteiger partial charge in [-0.15, -0.1) is 46.7 Å². The molecule has 4 aromatic rings. The van der Waals surface area contributed by atoms with Gasteiger partial charge in [-0.25, -0.2) is 0 Å². The number of hydrogen-bond acceptors (Lipinski definition) is 8. The van der Waals surface area contributed by atoms with Crippen LogP contribution in [0.5, 0.6) is 0 Å². The van der Waals surface area contributed by atoms with E-state index in [0.29, 0.717) is 5.88 Å². The summed E-state index contributed by atoms with van der Waals surface area (Å²) in [7, 11) is 0. The van der Waals surface area contributed by atoms with E-state index in [1.807, 2.05) is 0 Å². The number of halogens is 2. The Labute approximate surface area is 269 Å². The number of benzene rings is 2. The van der Waals surface area contributed by atoms with Crippen LogP contribution >= 0.6 is 46.7 Å². The average molecular weight is 656 g/mol.